The lowest BCUT2D eigenvalue weighted by Crippen LogP contribution is -2.30. The summed E-state index contributed by atoms with van der Waals surface area (Å²) in [6.45, 7) is 6.55. The maximum Gasteiger partial charge on any atom is 0.203 e. The zero-order valence-electron chi connectivity index (χ0n) is 10.6. The summed E-state index contributed by atoms with van der Waals surface area (Å²) in [7, 11) is 0. The Morgan fingerprint density at radius 2 is 2.18 bits per heavy atom. The number of nitrogen functional groups attached to an aromatic ring is 1. The number of imidazole rings is 1. The van der Waals surface area contributed by atoms with E-state index in [9.17, 15) is 0 Å². The number of hydrogen-bond donors (Lipinski definition) is 1. The summed E-state index contributed by atoms with van der Waals surface area (Å²) in [6.07, 6.45) is 6.41. The van der Waals surface area contributed by atoms with Crippen LogP contribution in [0, 0.1) is 0 Å². The van der Waals surface area contributed by atoms with Crippen molar-refractivity contribution >= 4 is 17.1 Å². The van der Waals surface area contributed by atoms with Crippen molar-refractivity contribution in [3.8, 4) is 0 Å². The molecule has 2 heterocycles. The van der Waals surface area contributed by atoms with Gasteiger partial charge in [0, 0.05) is 5.54 Å². The van der Waals surface area contributed by atoms with E-state index in [-0.39, 0.29) is 5.54 Å². The minimum absolute atomic E-state index is 0.0259. The van der Waals surface area contributed by atoms with E-state index in [1.807, 2.05) is 4.57 Å². The van der Waals surface area contributed by atoms with Crippen LogP contribution in [0.4, 0.5) is 5.95 Å². The summed E-state index contributed by atoms with van der Waals surface area (Å²) in [5.74, 6) is 0.526. The summed E-state index contributed by atoms with van der Waals surface area (Å²) in [4.78, 5) is 12.6. The molecule has 92 valence electrons. The number of hydrogen-bond acceptors (Lipinski definition) is 4. The molecular formula is C12H19N5. The van der Waals surface area contributed by atoms with Crippen LogP contribution in [0.25, 0.3) is 11.2 Å². The Hall–Kier alpha value is -1.65. The van der Waals surface area contributed by atoms with E-state index < -0.39 is 0 Å². The molecular weight excluding hydrogens is 214 g/mol. The van der Waals surface area contributed by atoms with Crippen LogP contribution >= 0.6 is 0 Å². The van der Waals surface area contributed by atoms with Gasteiger partial charge in [-0.2, -0.15) is 0 Å². The highest BCUT2D eigenvalue weighted by Crippen LogP contribution is 2.32. The summed E-state index contributed by atoms with van der Waals surface area (Å²) in [5.41, 5.74) is 7.60. The van der Waals surface area contributed by atoms with Crippen molar-refractivity contribution in [2.45, 2.75) is 45.6 Å². The highest BCUT2D eigenvalue weighted by atomic mass is 15.2. The number of nitrogens with zero attached hydrogens (tertiary/aromatic N) is 4. The maximum atomic E-state index is 6.03. The van der Waals surface area contributed by atoms with Gasteiger partial charge in [-0.25, -0.2) is 15.0 Å². The lowest BCUT2D eigenvalue weighted by Gasteiger charge is -2.30. The van der Waals surface area contributed by atoms with Crippen molar-refractivity contribution < 1.29 is 0 Å². The van der Waals surface area contributed by atoms with E-state index in [1.54, 1.807) is 12.5 Å². The normalized spacial score (nSPS) is 15.0. The average molecular weight is 233 g/mol. The van der Waals surface area contributed by atoms with Crippen LogP contribution in [0.1, 0.15) is 40.0 Å². The van der Waals surface area contributed by atoms with E-state index in [1.165, 1.54) is 0 Å². The van der Waals surface area contributed by atoms with E-state index in [0.717, 1.165) is 30.4 Å². The Kier molecular flexibility index (Phi) is 3.00. The molecule has 0 amide bonds. The van der Waals surface area contributed by atoms with Crippen molar-refractivity contribution in [2.24, 2.45) is 0 Å². The average Bonchev–Trinajstić information content (AvgIpc) is 2.65. The van der Waals surface area contributed by atoms with Crippen LogP contribution in [-0.2, 0) is 5.54 Å². The van der Waals surface area contributed by atoms with Crippen LogP contribution in [0.3, 0.4) is 0 Å². The standard InChI is InChI=1S/C12H19N5/c1-4-6-12(3,5-2)17-10-9(16-11(17)13)7-14-8-15-10/h7-8H,4-6H2,1-3H3,(H2,13,16). The molecule has 0 aliphatic carbocycles. The molecule has 5 nitrogen and oxygen atoms in total. The Morgan fingerprint density at radius 1 is 1.41 bits per heavy atom. The zero-order valence-corrected chi connectivity index (χ0v) is 10.6. The minimum Gasteiger partial charge on any atom is -0.369 e. The third-order valence-corrected chi connectivity index (χ3v) is 3.44. The first kappa shape index (κ1) is 11.8. The van der Waals surface area contributed by atoms with Gasteiger partial charge >= 0.3 is 0 Å². The second-order valence-corrected chi connectivity index (χ2v) is 4.64. The van der Waals surface area contributed by atoms with E-state index in [2.05, 4.69) is 35.7 Å². The fourth-order valence-corrected chi connectivity index (χ4v) is 2.37. The lowest BCUT2D eigenvalue weighted by atomic mass is 9.92. The van der Waals surface area contributed by atoms with Crippen LogP contribution in [0.15, 0.2) is 12.5 Å². The van der Waals surface area contributed by atoms with Gasteiger partial charge < -0.3 is 5.73 Å². The Balaban J connectivity index is 2.64. The lowest BCUT2D eigenvalue weighted by molar-refractivity contribution is 0.290. The molecule has 0 saturated carbocycles. The smallest absolute Gasteiger partial charge is 0.203 e. The van der Waals surface area contributed by atoms with E-state index in [4.69, 9.17) is 5.73 Å². The molecule has 0 aliphatic heterocycles. The molecule has 2 aromatic rings. The quantitative estimate of drug-likeness (QED) is 0.880. The number of aromatic nitrogens is 4. The molecule has 5 heteroatoms. The molecule has 2 rings (SSSR count). The summed E-state index contributed by atoms with van der Waals surface area (Å²) < 4.78 is 2.05. The maximum absolute atomic E-state index is 6.03. The number of rotatable bonds is 4. The van der Waals surface area contributed by atoms with Crippen molar-refractivity contribution in [1.29, 1.82) is 0 Å². The molecule has 0 fully saturated rings. The molecule has 1 unspecified atom stereocenters. The van der Waals surface area contributed by atoms with Crippen LogP contribution in [-0.4, -0.2) is 19.5 Å². The number of anilines is 1. The second-order valence-electron chi connectivity index (χ2n) is 4.64. The molecule has 0 radical (unpaired) electrons. The highest BCUT2D eigenvalue weighted by Gasteiger charge is 2.28. The number of nitrogens with two attached hydrogens (primary N) is 1. The topological polar surface area (TPSA) is 69.6 Å². The molecule has 2 N–H and O–H groups in total. The van der Waals surface area contributed by atoms with Gasteiger partial charge in [-0.1, -0.05) is 20.3 Å². The van der Waals surface area contributed by atoms with Crippen LogP contribution in [0.2, 0.25) is 0 Å². The fraction of sp³-hybridized carbons (Fsp3) is 0.583. The summed E-state index contributed by atoms with van der Waals surface area (Å²) in [5, 5.41) is 0. The van der Waals surface area contributed by atoms with E-state index in [0.29, 0.717) is 5.95 Å². The molecule has 0 bridgehead atoms. The molecule has 0 saturated heterocycles. The van der Waals surface area contributed by atoms with Crippen LogP contribution in [0.5, 0.6) is 0 Å². The Morgan fingerprint density at radius 3 is 2.82 bits per heavy atom. The minimum atomic E-state index is -0.0259. The molecule has 0 aromatic carbocycles. The molecule has 17 heavy (non-hydrogen) atoms. The second kappa shape index (κ2) is 4.31. The van der Waals surface area contributed by atoms with Gasteiger partial charge in [0.1, 0.15) is 11.8 Å². The van der Waals surface area contributed by atoms with Crippen molar-refractivity contribution in [1.82, 2.24) is 19.5 Å². The predicted octanol–water partition coefficient (Wildman–Crippen LogP) is 2.33. The fourth-order valence-electron chi connectivity index (χ4n) is 2.37. The number of fused-ring (bicyclic) bond motifs is 1. The van der Waals surface area contributed by atoms with Crippen molar-refractivity contribution in [2.75, 3.05) is 5.73 Å². The van der Waals surface area contributed by atoms with Crippen LogP contribution < -0.4 is 5.73 Å². The van der Waals surface area contributed by atoms with Crippen molar-refractivity contribution in [3.05, 3.63) is 12.5 Å². The van der Waals surface area contributed by atoms with E-state index >= 15 is 0 Å². The van der Waals surface area contributed by atoms with Gasteiger partial charge in [0.25, 0.3) is 0 Å². The Bertz CT molecular complexity index is 519. The van der Waals surface area contributed by atoms with Gasteiger partial charge in [-0.3, -0.25) is 4.57 Å². The van der Waals surface area contributed by atoms with Gasteiger partial charge in [0.2, 0.25) is 5.95 Å². The first-order chi connectivity index (χ1) is 8.12. The van der Waals surface area contributed by atoms with Gasteiger partial charge in [0.15, 0.2) is 5.65 Å². The predicted molar refractivity (Wildman–Crippen MR) is 68.6 cm³/mol. The zero-order chi connectivity index (χ0) is 12.5. The molecule has 1 atom stereocenters. The first-order valence-corrected chi connectivity index (χ1v) is 6.06. The monoisotopic (exact) mass is 233 g/mol. The van der Waals surface area contributed by atoms with Gasteiger partial charge in [-0.15, -0.1) is 0 Å². The van der Waals surface area contributed by atoms with Gasteiger partial charge in [0.05, 0.1) is 6.20 Å². The summed E-state index contributed by atoms with van der Waals surface area (Å²) in [6, 6.07) is 0. The third kappa shape index (κ3) is 1.85. The Labute approximate surface area is 101 Å². The SMILES string of the molecule is CCCC(C)(CC)n1c(N)nc2cncnc21. The largest absolute Gasteiger partial charge is 0.369 e. The molecule has 0 aliphatic rings. The van der Waals surface area contributed by atoms with Crippen molar-refractivity contribution in [3.63, 3.8) is 0 Å². The first-order valence-electron chi connectivity index (χ1n) is 6.06. The molecule has 2 aromatic heterocycles. The highest BCUT2D eigenvalue weighted by molar-refractivity contribution is 5.73. The summed E-state index contributed by atoms with van der Waals surface area (Å²) >= 11 is 0. The third-order valence-electron chi connectivity index (χ3n) is 3.44. The molecule has 0 spiro atoms. The van der Waals surface area contributed by atoms with Gasteiger partial charge in [-0.05, 0) is 19.8 Å².